The number of fused-ring (bicyclic) bond motifs is 2. The largest absolute Gasteiger partial charge is 0.747 e. The van der Waals surface area contributed by atoms with Gasteiger partial charge in [0.1, 0.15) is 10.1 Å². The van der Waals surface area contributed by atoms with Gasteiger partial charge in [-0.15, -0.1) is 0 Å². The van der Waals surface area contributed by atoms with E-state index < -0.39 is 20.3 Å². The van der Waals surface area contributed by atoms with Crippen LogP contribution in [0.1, 0.15) is 138 Å². The lowest BCUT2D eigenvalue weighted by atomic mass is 9.73. The van der Waals surface area contributed by atoms with E-state index in [1.807, 2.05) is 13.8 Å². The third-order valence-electron chi connectivity index (χ3n) is 9.73. The zero-order valence-electron chi connectivity index (χ0n) is 29.4. The van der Waals surface area contributed by atoms with Gasteiger partial charge in [0.2, 0.25) is 0 Å². The number of benzene rings is 2. The molecule has 43 heavy (non-hydrogen) atoms. The van der Waals surface area contributed by atoms with Crippen molar-refractivity contribution < 1.29 is 34.2 Å². The second kappa shape index (κ2) is 11.6. The molecule has 3 nitrogen and oxygen atoms in total. The van der Waals surface area contributed by atoms with Crippen molar-refractivity contribution in [2.24, 2.45) is 11.3 Å². The summed E-state index contributed by atoms with van der Waals surface area (Å²) in [5, 5.41) is 0. The molecule has 0 aliphatic heterocycles. The van der Waals surface area contributed by atoms with Crippen LogP contribution in [-0.4, -0.2) is 17.7 Å². The van der Waals surface area contributed by atoms with Gasteiger partial charge in [-0.25, -0.2) is 8.42 Å². The van der Waals surface area contributed by atoms with E-state index in [4.69, 9.17) is 0 Å². The van der Waals surface area contributed by atoms with Gasteiger partial charge in [0, 0.05) is 16.5 Å². The molecule has 0 amide bonds. The van der Waals surface area contributed by atoms with Crippen LogP contribution in [0, 0.1) is 18.5 Å². The summed E-state index contributed by atoms with van der Waals surface area (Å²) in [5.74, 6) is 0.244. The normalized spacial score (nSPS) is 22.4. The van der Waals surface area contributed by atoms with Crippen LogP contribution in [-0.2, 0) is 31.8 Å². The van der Waals surface area contributed by atoms with Gasteiger partial charge in [-0.3, -0.25) is 0 Å². The standard InChI is InChI=1S/C28H42I.C10H16O3S/c1-25(2,3)19-15-13-17-21(23(19)27(7,8)9)29-22-18-14-16-20(26(4,5)6)24(22)28(10,11)12;1-7-8-4-5-10(6-8,9(7,2)3)14(11,12)13/h13-18H,1-12H3;8H,1,4-6H2,2-3H3,(H,11,12,13)/q+1;/p-1. The molecule has 2 aromatic carbocycles. The molecule has 2 saturated carbocycles. The Morgan fingerprint density at radius 3 is 1.40 bits per heavy atom. The van der Waals surface area contributed by atoms with E-state index in [0.717, 1.165) is 12.0 Å². The fourth-order valence-electron chi connectivity index (χ4n) is 7.31. The molecule has 5 heteroatoms. The average molecular weight is 721 g/mol. The van der Waals surface area contributed by atoms with E-state index >= 15 is 0 Å². The molecular weight excluding hydrogens is 663 g/mol. The van der Waals surface area contributed by atoms with Crippen LogP contribution >= 0.6 is 0 Å². The minimum absolute atomic E-state index is 0.141. The highest BCUT2D eigenvalue weighted by Crippen LogP contribution is 2.64. The molecule has 240 valence electrons. The molecule has 2 unspecified atom stereocenters. The van der Waals surface area contributed by atoms with Crippen molar-refractivity contribution in [3.05, 3.63) is 77.9 Å². The molecule has 0 aromatic heterocycles. The lowest BCUT2D eigenvalue weighted by Gasteiger charge is -2.44. The highest BCUT2D eigenvalue weighted by molar-refractivity contribution is 7.87. The highest BCUT2D eigenvalue weighted by atomic mass is 127. The molecule has 0 heterocycles. The predicted molar refractivity (Wildman–Crippen MR) is 178 cm³/mol. The maximum atomic E-state index is 11.4. The molecule has 0 N–H and O–H groups in total. The molecule has 2 atom stereocenters. The van der Waals surface area contributed by atoms with Crippen LogP contribution in [0.25, 0.3) is 0 Å². The molecule has 4 rings (SSSR count). The third kappa shape index (κ3) is 6.99. The van der Waals surface area contributed by atoms with Crippen LogP contribution in [0.5, 0.6) is 0 Å². The first-order chi connectivity index (χ1) is 19.2. The summed E-state index contributed by atoms with van der Waals surface area (Å²) >= 11 is -0.277. The lowest BCUT2D eigenvalue weighted by Crippen LogP contribution is -3.62. The minimum atomic E-state index is -4.22. The molecule has 2 bridgehead atoms. The van der Waals surface area contributed by atoms with Gasteiger partial charge in [0.05, 0.1) is 4.75 Å². The highest BCUT2D eigenvalue weighted by Gasteiger charge is 2.62. The van der Waals surface area contributed by atoms with E-state index in [9.17, 15) is 13.0 Å². The maximum Gasteiger partial charge on any atom is 0.358 e. The Hall–Kier alpha value is -1.18. The van der Waals surface area contributed by atoms with E-state index in [2.05, 4.69) is 126 Å². The first-order valence-electron chi connectivity index (χ1n) is 15.7. The fourth-order valence-corrected chi connectivity index (χ4v) is 13.0. The van der Waals surface area contributed by atoms with Gasteiger partial charge < -0.3 is 4.55 Å². The van der Waals surface area contributed by atoms with E-state index in [1.165, 1.54) is 11.1 Å². The van der Waals surface area contributed by atoms with Crippen LogP contribution in [0.3, 0.4) is 0 Å². The van der Waals surface area contributed by atoms with Crippen molar-refractivity contribution >= 4 is 10.1 Å². The molecule has 0 radical (unpaired) electrons. The minimum Gasteiger partial charge on any atom is -0.747 e. The van der Waals surface area contributed by atoms with Gasteiger partial charge in [-0.1, -0.05) is 133 Å². The SMILES string of the molecule is C=C1C2CCC(S(=O)(=O)[O-])(C2)C1(C)C.CC(C)(C)c1cccc([I+]c2cccc(C(C)(C)C)c2C(C)(C)C)c1C(C)(C)C. The van der Waals surface area contributed by atoms with Crippen molar-refractivity contribution in [3.63, 3.8) is 0 Å². The molecule has 2 aliphatic carbocycles. The Labute approximate surface area is 274 Å². The summed E-state index contributed by atoms with van der Waals surface area (Å²) in [4.78, 5) is 0. The second-order valence-electron chi connectivity index (χ2n) is 17.5. The average Bonchev–Trinajstić information content (AvgIpc) is 3.35. The number of halogens is 1. The predicted octanol–water partition coefficient (Wildman–Crippen LogP) is 6.67. The van der Waals surface area contributed by atoms with Gasteiger partial charge in [-0.2, -0.15) is 0 Å². The van der Waals surface area contributed by atoms with Crippen molar-refractivity contribution in [2.75, 3.05) is 0 Å². The Morgan fingerprint density at radius 1 is 0.744 bits per heavy atom. The quantitative estimate of drug-likeness (QED) is 0.202. The van der Waals surface area contributed by atoms with Crippen LogP contribution in [0.15, 0.2) is 48.6 Å². The molecular formula is C38H57IO3S. The lowest BCUT2D eigenvalue weighted by molar-refractivity contribution is -0.599. The van der Waals surface area contributed by atoms with Gasteiger partial charge >= 0.3 is 21.2 Å². The summed E-state index contributed by atoms with van der Waals surface area (Å²) in [5.41, 5.74) is 7.15. The summed E-state index contributed by atoms with van der Waals surface area (Å²) in [6.07, 6.45) is 1.81. The number of rotatable bonds is 3. The van der Waals surface area contributed by atoms with Crippen molar-refractivity contribution in [1.82, 2.24) is 0 Å². The monoisotopic (exact) mass is 720 g/mol. The first kappa shape index (κ1) is 36.3. The Balaban J connectivity index is 0.000000299. The summed E-state index contributed by atoms with van der Waals surface area (Å²) < 4.78 is 36.2. The Morgan fingerprint density at radius 2 is 1.14 bits per heavy atom. The molecule has 2 fully saturated rings. The summed E-state index contributed by atoms with van der Waals surface area (Å²) in [7, 11) is -4.22. The van der Waals surface area contributed by atoms with Crippen LogP contribution in [0.4, 0.5) is 0 Å². The Kier molecular flexibility index (Phi) is 9.76. The van der Waals surface area contributed by atoms with Crippen LogP contribution in [0.2, 0.25) is 0 Å². The van der Waals surface area contributed by atoms with Crippen molar-refractivity contribution in [3.8, 4) is 0 Å². The summed E-state index contributed by atoms with van der Waals surface area (Å²) in [6.45, 7) is 36.0. The van der Waals surface area contributed by atoms with Gasteiger partial charge in [-0.05, 0) is 70.1 Å². The molecule has 2 aromatic rings. The van der Waals surface area contributed by atoms with Crippen LogP contribution < -0.4 is 21.2 Å². The zero-order chi connectivity index (χ0) is 33.2. The summed E-state index contributed by atoms with van der Waals surface area (Å²) in [6, 6.07) is 14.1. The topological polar surface area (TPSA) is 57.2 Å². The number of hydrogen-bond donors (Lipinski definition) is 0. The van der Waals surface area contributed by atoms with E-state index in [-0.39, 0.29) is 48.8 Å². The molecule has 0 spiro atoms. The number of hydrogen-bond acceptors (Lipinski definition) is 3. The third-order valence-corrected chi connectivity index (χ3v) is 14.5. The first-order valence-corrected chi connectivity index (χ1v) is 19.3. The molecule has 0 saturated heterocycles. The maximum absolute atomic E-state index is 11.4. The number of allylic oxidation sites excluding steroid dienone is 1. The van der Waals surface area contributed by atoms with E-state index in [1.54, 1.807) is 18.3 Å². The fraction of sp³-hybridized carbons (Fsp3) is 0.632. The van der Waals surface area contributed by atoms with Gasteiger partial charge in [0.25, 0.3) is 0 Å². The zero-order valence-corrected chi connectivity index (χ0v) is 32.4. The van der Waals surface area contributed by atoms with Crippen molar-refractivity contribution in [2.45, 2.75) is 143 Å². The molecule has 2 aliphatic rings. The van der Waals surface area contributed by atoms with Gasteiger partial charge in [0.15, 0.2) is 7.14 Å². The van der Waals surface area contributed by atoms with Crippen molar-refractivity contribution in [1.29, 1.82) is 0 Å². The Bertz CT molecular complexity index is 1400. The smallest absolute Gasteiger partial charge is 0.358 e. The second-order valence-corrected chi connectivity index (χ2v) is 22.0. The van der Waals surface area contributed by atoms with E-state index in [0.29, 0.717) is 12.8 Å².